The summed E-state index contributed by atoms with van der Waals surface area (Å²) in [6.07, 6.45) is -0.0771. The van der Waals surface area contributed by atoms with E-state index in [4.69, 9.17) is 4.42 Å². The van der Waals surface area contributed by atoms with Gasteiger partial charge in [0, 0.05) is 17.9 Å². The molecule has 29 heavy (non-hydrogen) atoms. The van der Waals surface area contributed by atoms with Crippen LogP contribution in [0, 0.1) is 5.82 Å². The van der Waals surface area contributed by atoms with E-state index in [1.165, 1.54) is 24.3 Å². The lowest BCUT2D eigenvalue weighted by atomic mass is 9.85. The number of carbonyl (C=O) groups is 1. The number of hydrogen-bond donors (Lipinski definition) is 1. The number of benzene rings is 3. The van der Waals surface area contributed by atoms with E-state index in [0.717, 1.165) is 0 Å². The number of fused-ring (bicyclic) bond motifs is 1. The number of rotatable bonds is 5. The fourth-order valence-corrected chi connectivity index (χ4v) is 3.46. The van der Waals surface area contributed by atoms with Crippen molar-refractivity contribution >= 4 is 16.8 Å². The highest BCUT2D eigenvalue weighted by molar-refractivity contribution is 5.97. The third-order valence-electron chi connectivity index (χ3n) is 4.93. The Morgan fingerprint density at radius 3 is 2.31 bits per heavy atom. The zero-order valence-corrected chi connectivity index (χ0v) is 15.3. The third kappa shape index (κ3) is 3.67. The van der Waals surface area contributed by atoms with Crippen LogP contribution in [0.4, 0.5) is 4.39 Å². The van der Waals surface area contributed by atoms with Crippen LogP contribution in [0.5, 0.6) is 5.75 Å². The maximum Gasteiger partial charge on any atom is 0.343 e. The van der Waals surface area contributed by atoms with Crippen molar-refractivity contribution in [2.75, 3.05) is 0 Å². The molecule has 4 rings (SSSR count). The second-order valence-corrected chi connectivity index (χ2v) is 6.75. The van der Waals surface area contributed by atoms with Gasteiger partial charge >= 0.3 is 5.63 Å². The normalized spacial score (nSPS) is 12.0. The Labute approximate surface area is 165 Å². The van der Waals surface area contributed by atoms with Crippen molar-refractivity contribution in [3.05, 3.63) is 112 Å². The highest BCUT2D eigenvalue weighted by atomic mass is 19.1. The molecule has 0 radical (unpaired) electrons. The zero-order chi connectivity index (χ0) is 20.4. The molecule has 4 nitrogen and oxygen atoms in total. The topological polar surface area (TPSA) is 67.5 Å². The highest BCUT2D eigenvalue weighted by Gasteiger charge is 2.27. The predicted octanol–water partition coefficient (Wildman–Crippen LogP) is 5.04. The molecule has 0 saturated carbocycles. The molecule has 0 saturated heterocycles. The number of aromatic hydroxyl groups is 1. The summed E-state index contributed by atoms with van der Waals surface area (Å²) in [7, 11) is 0. The minimum Gasteiger partial charge on any atom is -0.507 e. The molecule has 1 heterocycles. The second-order valence-electron chi connectivity index (χ2n) is 6.75. The quantitative estimate of drug-likeness (QED) is 0.384. The molecule has 1 N–H and O–H groups in total. The molecule has 0 aliphatic carbocycles. The van der Waals surface area contributed by atoms with Crippen LogP contribution in [0.15, 0.2) is 88.1 Å². The summed E-state index contributed by atoms with van der Waals surface area (Å²) in [5.74, 6) is -1.65. The smallest absolute Gasteiger partial charge is 0.343 e. The van der Waals surface area contributed by atoms with Crippen LogP contribution in [0.25, 0.3) is 11.0 Å². The molecular formula is C24H17FO4. The number of ketones is 1. The van der Waals surface area contributed by atoms with Gasteiger partial charge in [-0.05, 0) is 29.8 Å². The Kier molecular flexibility index (Phi) is 4.96. The van der Waals surface area contributed by atoms with Gasteiger partial charge in [0.1, 0.15) is 17.1 Å². The number of Topliss-reactive ketones (excluding diaryl/α,β-unsaturated/α-hetero) is 1. The first kappa shape index (κ1) is 18.6. The van der Waals surface area contributed by atoms with Gasteiger partial charge in [-0.25, -0.2) is 9.18 Å². The van der Waals surface area contributed by atoms with Gasteiger partial charge in [-0.1, -0.05) is 54.6 Å². The average molecular weight is 388 g/mol. The molecule has 0 aliphatic rings. The van der Waals surface area contributed by atoms with E-state index in [1.807, 2.05) is 0 Å². The fourth-order valence-electron chi connectivity index (χ4n) is 3.46. The summed E-state index contributed by atoms with van der Waals surface area (Å²) >= 11 is 0. The van der Waals surface area contributed by atoms with Crippen LogP contribution in [0.1, 0.15) is 33.8 Å². The van der Waals surface area contributed by atoms with Crippen LogP contribution in [-0.2, 0) is 0 Å². The van der Waals surface area contributed by atoms with Crippen molar-refractivity contribution in [3.8, 4) is 5.75 Å². The molecule has 4 aromatic rings. The molecule has 1 aromatic heterocycles. The van der Waals surface area contributed by atoms with E-state index < -0.39 is 17.4 Å². The monoisotopic (exact) mass is 388 g/mol. The van der Waals surface area contributed by atoms with Gasteiger partial charge in [0.2, 0.25) is 0 Å². The lowest BCUT2D eigenvalue weighted by Gasteiger charge is -2.18. The Hall–Kier alpha value is -3.73. The molecule has 0 spiro atoms. The molecule has 1 atom stereocenters. The Bertz CT molecular complexity index is 1230. The van der Waals surface area contributed by atoms with E-state index in [-0.39, 0.29) is 29.1 Å². The van der Waals surface area contributed by atoms with E-state index in [0.29, 0.717) is 16.5 Å². The van der Waals surface area contributed by atoms with Crippen LogP contribution < -0.4 is 5.63 Å². The maximum atomic E-state index is 13.5. The van der Waals surface area contributed by atoms with Gasteiger partial charge in [-0.3, -0.25) is 4.79 Å². The minimum absolute atomic E-state index is 0.0143. The maximum absolute atomic E-state index is 13.5. The zero-order valence-electron chi connectivity index (χ0n) is 15.3. The summed E-state index contributed by atoms with van der Waals surface area (Å²) in [5, 5.41) is 11.2. The first-order valence-corrected chi connectivity index (χ1v) is 9.13. The number of carbonyl (C=O) groups excluding carboxylic acids is 1. The van der Waals surface area contributed by atoms with Crippen molar-refractivity contribution in [2.24, 2.45) is 0 Å². The summed E-state index contributed by atoms with van der Waals surface area (Å²) in [6.45, 7) is 0. The minimum atomic E-state index is -0.788. The summed E-state index contributed by atoms with van der Waals surface area (Å²) in [6, 6.07) is 20.8. The number of hydrogen-bond acceptors (Lipinski definition) is 4. The summed E-state index contributed by atoms with van der Waals surface area (Å²) in [5.41, 5.74) is 0.541. The van der Waals surface area contributed by atoms with Crippen molar-refractivity contribution in [1.82, 2.24) is 0 Å². The van der Waals surface area contributed by atoms with Crippen molar-refractivity contribution in [2.45, 2.75) is 12.3 Å². The molecule has 0 bridgehead atoms. The van der Waals surface area contributed by atoms with Gasteiger partial charge in [0.05, 0.1) is 10.9 Å². The number of halogens is 1. The van der Waals surface area contributed by atoms with Crippen LogP contribution in [0.3, 0.4) is 0 Å². The Morgan fingerprint density at radius 1 is 0.931 bits per heavy atom. The van der Waals surface area contributed by atoms with E-state index in [2.05, 4.69) is 0 Å². The van der Waals surface area contributed by atoms with E-state index in [9.17, 15) is 19.1 Å². The van der Waals surface area contributed by atoms with Gasteiger partial charge in [0.15, 0.2) is 5.78 Å². The SMILES string of the molecule is O=C(CC(c1ccc(F)cc1)c1c(O)c2ccccc2oc1=O)c1ccccc1. The Balaban J connectivity index is 1.87. The second kappa shape index (κ2) is 7.72. The lowest BCUT2D eigenvalue weighted by Crippen LogP contribution is -2.17. The number of para-hydroxylation sites is 1. The van der Waals surface area contributed by atoms with Gasteiger partial charge in [0.25, 0.3) is 0 Å². The van der Waals surface area contributed by atoms with Gasteiger partial charge in [-0.2, -0.15) is 0 Å². The molecule has 0 amide bonds. The van der Waals surface area contributed by atoms with E-state index in [1.54, 1.807) is 54.6 Å². The van der Waals surface area contributed by atoms with Crippen LogP contribution in [-0.4, -0.2) is 10.9 Å². The standard InChI is InChI=1S/C24H17FO4/c25-17-12-10-15(11-13-17)19(14-20(26)16-6-2-1-3-7-16)22-23(27)18-8-4-5-9-21(18)29-24(22)28/h1-13,19,27H,14H2. The highest BCUT2D eigenvalue weighted by Crippen LogP contribution is 2.36. The van der Waals surface area contributed by atoms with Crippen molar-refractivity contribution in [1.29, 1.82) is 0 Å². The molecule has 144 valence electrons. The first-order chi connectivity index (χ1) is 14.0. The van der Waals surface area contributed by atoms with Crippen LogP contribution in [0.2, 0.25) is 0 Å². The molecule has 0 aliphatic heterocycles. The summed E-state index contributed by atoms with van der Waals surface area (Å²) in [4.78, 5) is 25.6. The average Bonchev–Trinajstić information content (AvgIpc) is 2.74. The largest absolute Gasteiger partial charge is 0.507 e. The predicted molar refractivity (Wildman–Crippen MR) is 108 cm³/mol. The molecular weight excluding hydrogens is 371 g/mol. The van der Waals surface area contributed by atoms with Gasteiger partial charge in [-0.15, -0.1) is 0 Å². The Morgan fingerprint density at radius 2 is 1.59 bits per heavy atom. The third-order valence-corrected chi connectivity index (χ3v) is 4.93. The van der Waals surface area contributed by atoms with E-state index >= 15 is 0 Å². The molecule has 0 fully saturated rings. The first-order valence-electron chi connectivity index (χ1n) is 9.13. The van der Waals surface area contributed by atoms with Crippen LogP contribution >= 0.6 is 0 Å². The fraction of sp³-hybridized carbons (Fsp3) is 0.0833. The molecule has 5 heteroatoms. The molecule has 1 unspecified atom stereocenters. The van der Waals surface area contributed by atoms with Gasteiger partial charge < -0.3 is 9.52 Å². The van der Waals surface area contributed by atoms with Crippen molar-refractivity contribution in [3.63, 3.8) is 0 Å². The summed E-state index contributed by atoms with van der Waals surface area (Å²) < 4.78 is 18.8. The molecule has 3 aromatic carbocycles. The lowest BCUT2D eigenvalue weighted by molar-refractivity contribution is 0.0977. The van der Waals surface area contributed by atoms with Crippen molar-refractivity contribution < 1.29 is 18.7 Å².